The van der Waals surface area contributed by atoms with Gasteiger partial charge in [0, 0.05) is 13.5 Å². The Balaban J connectivity index is 2.31. The molecule has 1 aliphatic rings. The summed E-state index contributed by atoms with van der Waals surface area (Å²) in [5.74, 6) is 0.0989. The van der Waals surface area contributed by atoms with Crippen LogP contribution < -0.4 is 5.32 Å². The van der Waals surface area contributed by atoms with Crippen LogP contribution in [0.5, 0.6) is 0 Å². The summed E-state index contributed by atoms with van der Waals surface area (Å²) in [6.45, 7) is 4.73. The Morgan fingerprint density at radius 2 is 1.92 bits per heavy atom. The van der Waals surface area contributed by atoms with Gasteiger partial charge in [-0.25, -0.2) is 0 Å². The van der Waals surface area contributed by atoms with Crippen molar-refractivity contribution in [2.75, 3.05) is 6.54 Å². The number of rotatable bonds is 2. The number of hydrogen-bond acceptors (Lipinski definition) is 1. The van der Waals surface area contributed by atoms with Gasteiger partial charge in [-0.1, -0.05) is 26.2 Å². The first-order chi connectivity index (χ1) is 5.62. The van der Waals surface area contributed by atoms with Crippen molar-refractivity contribution in [2.45, 2.75) is 46.0 Å². The zero-order valence-corrected chi connectivity index (χ0v) is 8.15. The Morgan fingerprint density at radius 1 is 1.33 bits per heavy atom. The molecule has 2 nitrogen and oxygen atoms in total. The van der Waals surface area contributed by atoms with Crippen LogP contribution in [0.2, 0.25) is 0 Å². The Bertz CT molecular complexity index is 159. The quantitative estimate of drug-likeness (QED) is 0.674. The lowest BCUT2D eigenvalue weighted by atomic mass is 9.76. The van der Waals surface area contributed by atoms with E-state index in [2.05, 4.69) is 12.2 Å². The monoisotopic (exact) mass is 169 g/mol. The van der Waals surface area contributed by atoms with Crippen LogP contribution >= 0.6 is 0 Å². The van der Waals surface area contributed by atoms with E-state index in [0.29, 0.717) is 5.41 Å². The van der Waals surface area contributed by atoms with Crippen molar-refractivity contribution in [3.8, 4) is 0 Å². The minimum Gasteiger partial charge on any atom is -0.356 e. The van der Waals surface area contributed by atoms with Crippen molar-refractivity contribution in [3.05, 3.63) is 0 Å². The molecule has 1 saturated carbocycles. The van der Waals surface area contributed by atoms with E-state index in [1.807, 2.05) is 0 Å². The van der Waals surface area contributed by atoms with Crippen molar-refractivity contribution in [2.24, 2.45) is 5.41 Å². The van der Waals surface area contributed by atoms with Crippen molar-refractivity contribution < 1.29 is 4.79 Å². The molecule has 1 fully saturated rings. The summed E-state index contributed by atoms with van der Waals surface area (Å²) in [4.78, 5) is 10.7. The number of amides is 1. The Hall–Kier alpha value is -0.530. The molecule has 1 N–H and O–H groups in total. The molecule has 0 aromatic carbocycles. The first-order valence-electron chi connectivity index (χ1n) is 4.87. The molecule has 0 unspecified atom stereocenters. The first kappa shape index (κ1) is 9.56. The number of carbonyl (C=O) groups is 1. The van der Waals surface area contributed by atoms with Crippen molar-refractivity contribution in [3.63, 3.8) is 0 Å². The molecule has 0 aliphatic heterocycles. The van der Waals surface area contributed by atoms with Gasteiger partial charge in [-0.15, -0.1) is 0 Å². The minimum absolute atomic E-state index is 0.0989. The average molecular weight is 169 g/mol. The van der Waals surface area contributed by atoms with E-state index in [1.165, 1.54) is 32.1 Å². The second-order valence-electron chi connectivity index (χ2n) is 4.28. The molecule has 0 saturated heterocycles. The zero-order chi connectivity index (χ0) is 9.03. The van der Waals surface area contributed by atoms with Gasteiger partial charge >= 0.3 is 0 Å². The van der Waals surface area contributed by atoms with Gasteiger partial charge in [0.15, 0.2) is 0 Å². The Morgan fingerprint density at radius 3 is 2.42 bits per heavy atom. The topological polar surface area (TPSA) is 29.1 Å². The van der Waals surface area contributed by atoms with Crippen LogP contribution in [0.1, 0.15) is 46.0 Å². The second-order valence-corrected chi connectivity index (χ2v) is 4.28. The fraction of sp³-hybridized carbons (Fsp3) is 0.900. The molecule has 2 heteroatoms. The summed E-state index contributed by atoms with van der Waals surface area (Å²) in [7, 11) is 0. The Labute approximate surface area is 74.7 Å². The molecule has 0 bridgehead atoms. The van der Waals surface area contributed by atoms with E-state index in [-0.39, 0.29) is 5.91 Å². The third kappa shape index (κ3) is 2.84. The summed E-state index contributed by atoms with van der Waals surface area (Å²) in [6, 6.07) is 0. The van der Waals surface area contributed by atoms with Crippen LogP contribution in [0.15, 0.2) is 0 Å². The lowest BCUT2D eigenvalue weighted by molar-refractivity contribution is -0.119. The van der Waals surface area contributed by atoms with E-state index < -0.39 is 0 Å². The lowest BCUT2D eigenvalue weighted by Gasteiger charge is -2.33. The van der Waals surface area contributed by atoms with Crippen LogP contribution in [0.25, 0.3) is 0 Å². The van der Waals surface area contributed by atoms with Gasteiger partial charge in [-0.05, 0) is 18.3 Å². The van der Waals surface area contributed by atoms with Crippen LogP contribution in [-0.2, 0) is 4.79 Å². The smallest absolute Gasteiger partial charge is 0.216 e. The predicted octanol–water partition coefficient (Wildman–Crippen LogP) is 2.09. The summed E-state index contributed by atoms with van der Waals surface area (Å²) in [5.41, 5.74) is 0.379. The number of carbonyl (C=O) groups excluding carboxylic acids is 1. The van der Waals surface area contributed by atoms with E-state index in [4.69, 9.17) is 0 Å². The molecule has 0 atom stereocenters. The van der Waals surface area contributed by atoms with Crippen LogP contribution in [-0.4, -0.2) is 12.5 Å². The van der Waals surface area contributed by atoms with E-state index >= 15 is 0 Å². The Kier molecular flexibility index (Phi) is 3.12. The number of nitrogens with one attached hydrogen (secondary N) is 1. The van der Waals surface area contributed by atoms with Crippen LogP contribution in [0.4, 0.5) is 0 Å². The summed E-state index contributed by atoms with van der Waals surface area (Å²) < 4.78 is 0. The standard InChI is InChI=1S/C10H19NO/c1-9(12)11-8-10(2)6-4-3-5-7-10/h3-8H2,1-2H3,(H,11,12). The van der Waals surface area contributed by atoms with Crippen LogP contribution in [0.3, 0.4) is 0 Å². The van der Waals surface area contributed by atoms with Gasteiger partial charge in [-0.2, -0.15) is 0 Å². The zero-order valence-electron chi connectivity index (χ0n) is 8.15. The van der Waals surface area contributed by atoms with E-state index in [9.17, 15) is 4.79 Å². The SMILES string of the molecule is CC(=O)NCC1(C)CCCCC1. The molecular weight excluding hydrogens is 150 g/mol. The highest BCUT2D eigenvalue weighted by molar-refractivity contribution is 5.72. The molecular formula is C10H19NO. The summed E-state index contributed by atoms with van der Waals surface area (Å²) in [6.07, 6.45) is 6.57. The van der Waals surface area contributed by atoms with Gasteiger partial charge in [0.25, 0.3) is 0 Å². The van der Waals surface area contributed by atoms with Crippen LogP contribution in [0, 0.1) is 5.41 Å². The fourth-order valence-electron chi connectivity index (χ4n) is 1.92. The summed E-state index contributed by atoms with van der Waals surface area (Å²) >= 11 is 0. The maximum absolute atomic E-state index is 10.7. The van der Waals surface area contributed by atoms with Gasteiger partial charge in [0.2, 0.25) is 5.91 Å². The molecule has 12 heavy (non-hydrogen) atoms. The van der Waals surface area contributed by atoms with Gasteiger partial charge in [0.1, 0.15) is 0 Å². The third-order valence-corrected chi connectivity index (χ3v) is 2.82. The molecule has 0 aromatic rings. The largest absolute Gasteiger partial charge is 0.356 e. The van der Waals surface area contributed by atoms with E-state index in [1.54, 1.807) is 6.92 Å². The first-order valence-corrected chi connectivity index (χ1v) is 4.87. The van der Waals surface area contributed by atoms with Crippen molar-refractivity contribution in [1.29, 1.82) is 0 Å². The maximum Gasteiger partial charge on any atom is 0.216 e. The molecule has 1 amide bonds. The van der Waals surface area contributed by atoms with Gasteiger partial charge < -0.3 is 5.32 Å². The molecule has 70 valence electrons. The van der Waals surface area contributed by atoms with E-state index in [0.717, 1.165) is 6.54 Å². The molecule has 1 aliphatic carbocycles. The van der Waals surface area contributed by atoms with Gasteiger partial charge in [-0.3, -0.25) is 4.79 Å². The highest BCUT2D eigenvalue weighted by Crippen LogP contribution is 2.34. The van der Waals surface area contributed by atoms with Crippen molar-refractivity contribution in [1.82, 2.24) is 5.32 Å². The molecule has 0 heterocycles. The van der Waals surface area contributed by atoms with Gasteiger partial charge in [0.05, 0.1) is 0 Å². The normalized spacial score (nSPS) is 21.8. The molecule has 0 spiro atoms. The second kappa shape index (κ2) is 3.92. The predicted molar refractivity (Wildman–Crippen MR) is 49.9 cm³/mol. The molecule has 0 radical (unpaired) electrons. The van der Waals surface area contributed by atoms with Crippen molar-refractivity contribution >= 4 is 5.91 Å². The highest BCUT2D eigenvalue weighted by Gasteiger charge is 2.26. The third-order valence-electron chi connectivity index (χ3n) is 2.82. The maximum atomic E-state index is 10.7. The average Bonchev–Trinajstić information content (AvgIpc) is 2.03. The molecule has 0 aromatic heterocycles. The lowest BCUT2D eigenvalue weighted by Crippen LogP contribution is -2.35. The summed E-state index contributed by atoms with van der Waals surface area (Å²) in [5, 5.41) is 2.92. The fourth-order valence-corrected chi connectivity index (χ4v) is 1.92. The number of hydrogen-bond donors (Lipinski definition) is 1. The minimum atomic E-state index is 0.0989. The molecule has 1 rings (SSSR count). The highest BCUT2D eigenvalue weighted by atomic mass is 16.1.